The maximum absolute atomic E-state index is 12.4. The van der Waals surface area contributed by atoms with Crippen LogP contribution in [0.15, 0.2) is 0 Å². The average molecular weight is 290 g/mol. The van der Waals surface area contributed by atoms with Crippen molar-refractivity contribution in [3.63, 3.8) is 0 Å². The molecule has 4 fully saturated rings. The molecule has 1 N–H and O–H groups in total. The number of carbonyl (C=O) groups is 1. The van der Waals surface area contributed by atoms with Crippen molar-refractivity contribution in [2.45, 2.75) is 77.7 Å². The van der Waals surface area contributed by atoms with Gasteiger partial charge in [-0.1, -0.05) is 26.7 Å². The second-order valence-electron chi connectivity index (χ2n) is 8.97. The Kier molecular flexibility index (Phi) is 3.10. The Morgan fingerprint density at radius 2 is 1.86 bits per heavy atom. The van der Waals surface area contributed by atoms with Gasteiger partial charge in [0.25, 0.3) is 0 Å². The highest BCUT2D eigenvalue weighted by atomic mass is 16.3. The van der Waals surface area contributed by atoms with Gasteiger partial charge in [-0.05, 0) is 61.7 Å². The number of carbonyl (C=O) groups excluding carboxylic acids is 1. The van der Waals surface area contributed by atoms with Gasteiger partial charge in [0.05, 0.1) is 6.10 Å². The average Bonchev–Trinajstić information content (AvgIpc) is 2.68. The van der Waals surface area contributed by atoms with Crippen LogP contribution in [0, 0.1) is 34.5 Å². The monoisotopic (exact) mass is 290 g/mol. The van der Waals surface area contributed by atoms with Crippen LogP contribution in [0.25, 0.3) is 0 Å². The molecule has 2 heteroatoms. The summed E-state index contributed by atoms with van der Waals surface area (Å²) >= 11 is 0. The molecule has 0 unspecified atom stereocenters. The fraction of sp³-hybridized carbons (Fsp3) is 0.947. The Morgan fingerprint density at radius 3 is 2.67 bits per heavy atom. The maximum atomic E-state index is 12.4. The van der Waals surface area contributed by atoms with Crippen molar-refractivity contribution in [2.24, 2.45) is 34.5 Å². The van der Waals surface area contributed by atoms with Gasteiger partial charge in [0.15, 0.2) is 0 Å². The quantitative estimate of drug-likeness (QED) is 0.733. The van der Waals surface area contributed by atoms with Gasteiger partial charge in [-0.25, -0.2) is 0 Å². The molecule has 0 bridgehead atoms. The Hall–Kier alpha value is -0.370. The first-order chi connectivity index (χ1) is 9.97. The Bertz CT molecular complexity index is 458. The van der Waals surface area contributed by atoms with Crippen LogP contribution in [0.1, 0.15) is 71.6 Å². The molecule has 4 rings (SSSR count). The summed E-state index contributed by atoms with van der Waals surface area (Å²) in [6.45, 7) is 4.70. The summed E-state index contributed by atoms with van der Waals surface area (Å²) in [5.74, 6) is 2.86. The highest BCUT2D eigenvalue weighted by Crippen LogP contribution is 2.65. The van der Waals surface area contributed by atoms with Crippen LogP contribution in [0.4, 0.5) is 0 Å². The van der Waals surface area contributed by atoms with Gasteiger partial charge in [0.1, 0.15) is 5.78 Å². The van der Waals surface area contributed by atoms with E-state index in [1.807, 2.05) is 0 Å². The molecule has 0 amide bonds. The van der Waals surface area contributed by atoms with Crippen molar-refractivity contribution in [3.8, 4) is 0 Å². The lowest BCUT2D eigenvalue weighted by Crippen LogP contribution is -2.54. The van der Waals surface area contributed by atoms with Crippen LogP contribution in [0.2, 0.25) is 0 Å². The molecular formula is C19H30O2. The van der Waals surface area contributed by atoms with Crippen LogP contribution in [-0.4, -0.2) is 17.0 Å². The van der Waals surface area contributed by atoms with E-state index in [0.29, 0.717) is 23.5 Å². The Labute approximate surface area is 128 Å². The summed E-state index contributed by atoms with van der Waals surface area (Å²) in [6, 6.07) is 0. The number of hydrogen-bond acceptors (Lipinski definition) is 2. The number of fused-ring (bicyclic) bond motifs is 5. The fourth-order valence-electron chi connectivity index (χ4n) is 7.13. The summed E-state index contributed by atoms with van der Waals surface area (Å²) in [7, 11) is 0. The molecule has 0 heterocycles. The topological polar surface area (TPSA) is 37.3 Å². The maximum Gasteiger partial charge on any atom is 0.141 e. The standard InChI is InChI=1S/C19H30O2/c1-18-9-4-3-5-12(18)6-7-13-14(18)8-10-19(2)16(21)11-15(20)17(13)19/h12-15,17,20H,3-11H2,1-2H3/t12-,13-,14+,15-,17-,18+,19-/m1/s1. The number of aliphatic hydroxyl groups excluding tert-OH is 1. The number of ketones is 1. The molecule has 21 heavy (non-hydrogen) atoms. The van der Waals surface area contributed by atoms with Gasteiger partial charge in [-0.3, -0.25) is 4.79 Å². The Balaban J connectivity index is 1.69. The third-order valence-electron chi connectivity index (χ3n) is 8.28. The molecule has 4 aliphatic rings. The second-order valence-corrected chi connectivity index (χ2v) is 8.97. The zero-order valence-corrected chi connectivity index (χ0v) is 13.6. The van der Waals surface area contributed by atoms with Crippen LogP contribution in [-0.2, 0) is 4.79 Å². The molecular weight excluding hydrogens is 260 g/mol. The highest BCUT2D eigenvalue weighted by Gasteiger charge is 2.62. The molecule has 0 saturated heterocycles. The van der Waals surface area contributed by atoms with Crippen molar-refractivity contribution >= 4 is 5.78 Å². The van der Waals surface area contributed by atoms with Crippen molar-refractivity contribution in [2.75, 3.05) is 0 Å². The smallest absolute Gasteiger partial charge is 0.141 e. The largest absolute Gasteiger partial charge is 0.392 e. The first-order valence-corrected chi connectivity index (χ1v) is 9.18. The van der Waals surface area contributed by atoms with Gasteiger partial charge in [0, 0.05) is 17.8 Å². The van der Waals surface area contributed by atoms with E-state index in [4.69, 9.17) is 0 Å². The van der Waals surface area contributed by atoms with E-state index in [-0.39, 0.29) is 17.4 Å². The van der Waals surface area contributed by atoms with Crippen LogP contribution >= 0.6 is 0 Å². The summed E-state index contributed by atoms with van der Waals surface area (Å²) in [5.41, 5.74) is 0.284. The minimum Gasteiger partial charge on any atom is -0.392 e. The fourth-order valence-corrected chi connectivity index (χ4v) is 7.13. The molecule has 7 atom stereocenters. The number of aliphatic hydroxyl groups is 1. The van der Waals surface area contributed by atoms with Gasteiger partial charge >= 0.3 is 0 Å². The van der Waals surface area contributed by atoms with E-state index >= 15 is 0 Å². The molecule has 0 aromatic rings. The number of Topliss-reactive ketones (excluding diaryl/α,β-unsaturated/α-hetero) is 1. The van der Waals surface area contributed by atoms with E-state index in [2.05, 4.69) is 13.8 Å². The summed E-state index contributed by atoms with van der Waals surface area (Å²) < 4.78 is 0. The second kappa shape index (κ2) is 4.57. The van der Waals surface area contributed by atoms with E-state index in [0.717, 1.165) is 18.3 Å². The van der Waals surface area contributed by atoms with Gasteiger partial charge in [-0.2, -0.15) is 0 Å². The predicted molar refractivity (Wildman–Crippen MR) is 82.7 cm³/mol. The molecule has 118 valence electrons. The van der Waals surface area contributed by atoms with Crippen LogP contribution < -0.4 is 0 Å². The van der Waals surface area contributed by atoms with E-state index in [1.54, 1.807) is 0 Å². The molecule has 2 nitrogen and oxygen atoms in total. The molecule has 4 aliphatic carbocycles. The van der Waals surface area contributed by atoms with Crippen LogP contribution in [0.5, 0.6) is 0 Å². The predicted octanol–water partition coefficient (Wildman–Crippen LogP) is 3.96. The van der Waals surface area contributed by atoms with Crippen molar-refractivity contribution in [1.82, 2.24) is 0 Å². The zero-order valence-electron chi connectivity index (χ0n) is 13.6. The third kappa shape index (κ3) is 1.77. The summed E-state index contributed by atoms with van der Waals surface area (Å²) in [6.07, 6.45) is 10.5. The lowest BCUT2D eigenvalue weighted by atomic mass is 9.45. The van der Waals surface area contributed by atoms with Crippen molar-refractivity contribution < 1.29 is 9.90 Å². The van der Waals surface area contributed by atoms with Gasteiger partial charge in [0.2, 0.25) is 0 Å². The zero-order chi connectivity index (χ0) is 14.8. The summed E-state index contributed by atoms with van der Waals surface area (Å²) in [5, 5.41) is 10.6. The third-order valence-corrected chi connectivity index (χ3v) is 8.28. The molecule has 0 radical (unpaired) electrons. The van der Waals surface area contributed by atoms with E-state index in [1.165, 1.54) is 44.9 Å². The minimum atomic E-state index is -0.362. The normalized spacial score (nSPS) is 56.5. The van der Waals surface area contributed by atoms with Crippen molar-refractivity contribution in [3.05, 3.63) is 0 Å². The van der Waals surface area contributed by atoms with Crippen LogP contribution in [0.3, 0.4) is 0 Å². The first-order valence-electron chi connectivity index (χ1n) is 9.18. The number of hydrogen-bond donors (Lipinski definition) is 1. The molecule has 4 saturated carbocycles. The van der Waals surface area contributed by atoms with E-state index in [9.17, 15) is 9.90 Å². The molecule has 0 aromatic carbocycles. The molecule has 0 spiro atoms. The first kappa shape index (κ1) is 14.2. The van der Waals surface area contributed by atoms with E-state index < -0.39 is 0 Å². The lowest BCUT2D eigenvalue weighted by Gasteiger charge is -2.59. The van der Waals surface area contributed by atoms with Crippen molar-refractivity contribution in [1.29, 1.82) is 0 Å². The molecule has 0 aromatic heterocycles. The van der Waals surface area contributed by atoms with Gasteiger partial charge in [-0.15, -0.1) is 0 Å². The summed E-state index contributed by atoms with van der Waals surface area (Å²) in [4.78, 5) is 12.4. The Morgan fingerprint density at radius 1 is 1.05 bits per heavy atom. The highest BCUT2D eigenvalue weighted by molar-refractivity contribution is 5.88. The number of rotatable bonds is 0. The van der Waals surface area contributed by atoms with Gasteiger partial charge < -0.3 is 5.11 Å². The minimum absolute atomic E-state index is 0.210. The SMILES string of the molecule is C[C@]12CCCC[C@@H]1CC[C@H]1[C@@H]3[C@H](O)CC(=O)[C@@]3(C)CC[C@@H]12. The molecule has 0 aliphatic heterocycles. The lowest BCUT2D eigenvalue weighted by molar-refractivity contribution is -0.143.